The molecule has 0 aliphatic carbocycles. The molecule has 0 aliphatic heterocycles. The predicted octanol–water partition coefficient (Wildman–Crippen LogP) is -0.103. The van der Waals surface area contributed by atoms with E-state index in [2.05, 4.69) is 17.2 Å². The van der Waals surface area contributed by atoms with Crippen molar-refractivity contribution in [2.75, 3.05) is 13.6 Å². The van der Waals surface area contributed by atoms with Crippen LogP contribution in [0.25, 0.3) is 0 Å². The normalized spacial score (nSPS) is 12.2. The van der Waals surface area contributed by atoms with Crippen LogP contribution in [0.2, 0.25) is 0 Å². The van der Waals surface area contributed by atoms with Crippen LogP contribution in [0.3, 0.4) is 0 Å². The molecule has 3 nitrogen and oxygen atoms in total. The highest BCUT2D eigenvalue weighted by Crippen LogP contribution is 1.78. The summed E-state index contributed by atoms with van der Waals surface area (Å²) in [5, 5.41) is 5.46. The average molecular weight is 142 g/mol. The van der Waals surface area contributed by atoms with Crippen LogP contribution >= 0.6 is 0 Å². The first-order valence-corrected chi connectivity index (χ1v) is 3.27. The molecule has 0 aliphatic rings. The zero-order valence-electron chi connectivity index (χ0n) is 6.48. The predicted molar refractivity (Wildman–Crippen MR) is 41.7 cm³/mol. The molecule has 0 saturated heterocycles. The van der Waals surface area contributed by atoms with Gasteiger partial charge >= 0.3 is 0 Å². The molecule has 1 unspecified atom stereocenters. The maximum Gasteiger partial charge on any atom is 0.233 e. The van der Waals surface area contributed by atoms with E-state index in [9.17, 15) is 4.79 Å². The van der Waals surface area contributed by atoms with Crippen LogP contribution in [0.4, 0.5) is 0 Å². The van der Waals surface area contributed by atoms with Gasteiger partial charge in [0, 0.05) is 13.1 Å². The van der Waals surface area contributed by atoms with E-state index >= 15 is 0 Å². The van der Waals surface area contributed by atoms with Crippen molar-refractivity contribution in [3.63, 3.8) is 0 Å². The summed E-state index contributed by atoms with van der Waals surface area (Å²) < 4.78 is 0. The summed E-state index contributed by atoms with van der Waals surface area (Å²) in [4.78, 5) is 10.6. The van der Waals surface area contributed by atoms with Crippen LogP contribution in [0, 0.1) is 0 Å². The summed E-state index contributed by atoms with van der Waals surface area (Å²) in [6.07, 6.45) is 1.75. The van der Waals surface area contributed by atoms with Crippen LogP contribution in [0.5, 0.6) is 0 Å². The maximum absolute atomic E-state index is 10.6. The molecule has 1 atom stereocenters. The van der Waals surface area contributed by atoms with Gasteiger partial charge in [0.25, 0.3) is 0 Å². The molecule has 0 fully saturated rings. The van der Waals surface area contributed by atoms with Gasteiger partial charge in [0.05, 0.1) is 6.54 Å². The summed E-state index contributed by atoms with van der Waals surface area (Å²) in [5.41, 5.74) is 0. The van der Waals surface area contributed by atoms with Gasteiger partial charge in [0.2, 0.25) is 5.91 Å². The molecule has 3 heteroatoms. The van der Waals surface area contributed by atoms with Crippen LogP contribution in [0.1, 0.15) is 6.92 Å². The Labute approximate surface area is 61.5 Å². The molecular formula is C7H14N2O. The molecule has 0 aromatic carbocycles. The fraction of sp³-hybridized carbons (Fsp3) is 0.571. The van der Waals surface area contributed by atoms with Crippen molar-refractivity contribution >= 4 is 5.91 Å². The van der Waals surface area contributed by atoms with Gasteiger partial charge in [0.1, 0.15) is 0 Å². The van der Waals surface area contributed by atoms with Crippen molar-refractivity contribution < 1.29 is 4.79 Å². The summed E-state index contributed by atoms with van der Waals surface area (Å²) in [5.74, 6) is -0.00583. The molecule has 0 heterocycles. The second kappa shape index (κ2) is 4.99. The zero-order valence-corrected chi connectivity index (χ0v) is 6.48. The second-order valence-corrected chi connectivity index (χ2v) is 2.08. The van der Waals surface area contributed by atoms with Gasteiger partial charge < -0.3 is 10.6 Å². The van der Waals surface area contributed by atoms with Gasteiger partial charge in [-0.05, 0) is 6.92 Å². The number of hydrogen-bond acceptors (Lipinski definition) is 2. The van der Waals surface area contributed by atoms with Gasteiger partial charge in [-0.2, -0.15) is 0 Å². The minimum atomic E-state index is -0.00583. The molecule has 0 radical (unpaired) electrons. The van der Waals surface area contributed by atoms with E-state index in [4.69, 9.17) is 0 Å². The zero-order chi connectivity index (χ0) is 7.98. The molecule has 2 N–H and O–H groups in total. The van der Waals surface area contributed by atoms with Gasteiger partial charge in [-0.3, -0.25) is 4.79 Å². The van der Waals surface area contributed by atoms with Crippen LogP contribution in [0.15, 0.2) is 12.7 Å². The lowest BCUT2D eigenvalue weighted by Gasteiger charge is -2.06. The standard InChI is InChI=1S/C7H14N2O/c1-4-6(2)9-5-7(10)8-3/h4,6,9H,1,5H2,2-3H3,(H,8,10). The van der Waals surface area contributed by atoms with Crippen molar-refractivity contribution in [2.45, 2.75) is 13.0 Å². The molecule has 0 rings (SSSR count). The Balaban J connectivity index is 3.34. The molecule has 0 saturated carbocycles. The molecular weight excluding hydrogens is 128 g/mol. The fourth-order valence-electron chi connectivity index (χ4n) is 0.425. The number of carbonyl (C=O) groups is 1. The Hall–Kier alpha value is -0.830. The Morgan fingerprint density at radius 2 is 2.40 bits per heavy atom. The largest absolute Gasteiger partial charge is 0.358 e. The minimum Gasteiger partial charge on any atom is -0.358 e. The van der Waals surface area contributed by atoms with Gasteiger partial charge in [-0.15, -0.1) is 6.58 Å². The first-order chi connectivity index (χ1) is 4.70. The third kappa shape index (κ3) is 4.09. The highest BCUT2D eigenvalue weighted by molar-refractivity contribution is 5.77. The first kappa shape index (κ1) is 9.17. The third-order valence-electron chi connectivity index (χ3n) is 1.22. The minimum absolute atomic E-state index is 0.00583. The second-order valence-electron chi connectivity index (χ2n) is 2.08. The summed E-state index contributed by atoms with van der Waals surface area (Å²) in [6.45, 7) is 5.86. The Bertz CT molecular complexity index is 123. The number of carbonyl (C=O) groups excluding carboxylic acids is 1. The van der Waals surface area contributed by atoms with Gasteiger partial charge in [-0.25, -0.2) is 0 Å². The maximum atomic E-state index is 10.6. The lowest BCUT2D eigenvalue weighted by molar-refractivity contribution is -0.119. The van der Waals surface area contributed by atoms with E-state index in [1.54, 1.807) is 13.1 Å². The number of rotatable bonds is 4. The molecule has 1 amide bonds. The van der Waals surface area contributed by atoms with E-state index in [-0.39, 0.29) is 11.9 Å². The molecule has 0 aromatic heterocycles. The lowest BCUT2D eigenvalue weighted by Crippen LogP contribution is -2.35. The van der Waals surface area contributed by atoms with Crippen molar-refractivity contribution in [1.29, 1.82) is 0 Å². The third-order valence-corrected chi connectivity index (χ3v) is 1.22. The number of likely N-dealkylation sites (N-methyl/N-ethyl adjacent to an activating group) is 1. The smallest absolute Gasteiger partial charge is 0.233 e. The monoisotopic (exact) mass is 142 g/mol. The molecule has 0 spiro atoms. The molecule has 10 heavy (non-hydrogen) atoms. The topological polar surface area (TPSA) is 41.1 Å². The van der Waals surface area contributed by atoms with Crippen molar-refractivity contribution in [1.82, 2.24) is 10.6 Å². The van der Waals surface area contributed by atoms with Gasteiger partial charge in [-0.1, -0.05) is 6.08 Å². The fourth-order valence-corrected chi connectivity index (χ4v) is 0.425. The molecule has 0 bridgehead atoms. The number of amides is 1. The van der Waals surface area contributed by atoms with E-state index in [0.717, 1.165) is 0 Å². The Morgan fingerprint density at radius 1 is 1.80 bits per heavy atom. The summed E-state index contributed by atoms with van der Waals surface area (Å²) in [6, 6.07) is 0.192. The molecule has 0 aromatic rings. The SMILES string of the molecule is C=CC(C)NCC(=O)NC. The molecule has 58 valence electrons. The highest BCUT2D eigenvalue weighted by Gasteiger charge is 1.98. The first-order valence-electron chi connectivity index (χ1n) is 3.27. The Morgan fingerprint density at radius 3 is 2.80 bits per heavy atom. The van der Waals surface area contributed by atoms with Crippen LogP contribution in [-0.4, -0.2) is 25.5 Å². The van der Waals surface area contributed by atoms with Crippen molar-refractivity contribution in [3.8, 4) is 0 Å². The highest BCUT2D eigenvalue weighted by atomic mass is 16.1. The number of nitrogens with one attached hydrogen (secondary N) is 2. The van der Waals surface area contributed by atoms with E-state index in [1.807, 2.05) is 6.92 Å². The Kier molecular flexibility index (Phi) is 4.58. The average Bonchev–Trinajstić information content (AvgIpc) is 1.99. The van der Waals surface area contributed by atoms with E-state index in [0.29, 0.717) is 6.54 Å². The quantitative estimate of drug-likeness (QED) is 0.538. The van der Waals surface area contributed by atoms with E-state index < -0.39 is 0 Å². The lowest BCUT2D eigenvalue weighted by atomic mass is 10.3. The van der Waals surface area contributed by atoms with E-state index in [1.165, 1.54) is 0 Å². The summed E-state index contributed by atoms with van der Waals surface area (Å²) in [7, 11) is 1.61. The van der Waals surface area contributed by atoms with Crippen LogP contribution in [-0.2, 0) is 4.79 Å². The summed E-state index contributed by atoms with van der Waals surface area (Å²) >= 11 is 0. The van der Waals surface area contributed by atoms with Crippen LogP contribution < -0.4 is 10.6 Å². The van der Waals surface area contributed by atoms with Crippen molar-refractivity contribution in [2.24, 2.45) is 0 Å². The number of hydrogen-bond donors (Lipinski definition) is 2. The van der Waals surface area contributed by atoms with Gasteiger partial charge in [0.15, 0.2) is 0 Å². The van der Waals surface area contributed by atoms with Crippen molar-refractivity contribution in [3.05, 3.63) is 12.7 Å².